The lowest BCUT2D eigenvalue weighted by Gasteiger charge is -2.26. The van der Waals surface area contributed by atoms with Crippen LogP contribution in [0.3, 0.4) is 0 Å². The molecule has 5 heteroatoms. The van der Waals surface area contributed by atoms with Gasteiger partial charge in [0.1, 0.15) is 11.6 Å². The molecule has 0 saturated heterocycles. The predicted molar refractivity (Wildman–Crippen MR) is 84.6 cm³/mol. The van der Waals surface area contributed by atoms with Gasteiger partial charge in [-0.15, -0.1) is 6.58 Å². The third-order valence-corrected chi connectivity index (χ3v) is 2.92. The zero-order chi connectivity index (χ0) is 16.8. The van der Waals surface area contributed by atoms with Crippen molar-refractivity contribution in [1.29, 1.82) is 0 Å². The van der Waals surface area contributed by atoms with Gasteiger partial charge < -0.3 is 14.8 Å². The Labute approximate surface area is 131 Å². The number of benzene rings is 1. The van der Waals surface area contributed by atoms with Crippen LogP contribution in [-0.4, -0.2) is 30.8 Å². The summed E-state index contributed by atoms with van der Waals surface area (Å²) in [6, 6.07) is 8.40. The van der Waals surface area contributed by atoms with Gasteiger partial charge in [0, 0.05) is 5.92 Å². The molecule has 1 aromatic rings. The lowest BCUT2D eigenvalue weighted by molar-refractivity contribution is -0.143. The molecule has 0 fully saturated rings. The summed E-state index contributed by atoms with van der Waals surface area (Å²) in [7, 11) is 1.28. The Morgan fingerprint density at radius 3 is 2.27 bits per heavy atom. The molecule has 0 saturated carbocycles. The van der Waals surface area contributed by atoms with Gasteiger partial charge in [0.05, 0.1) is 7.11 Å². The largest absolute Gasteiger partial charge is 0.467 e. The Morgan fingerprint density at radius 1 is 1.23 bits per heavy atom. The number of nitrogens with one attached hydrogen (secondary N) is 1. The molecule has 0 unspecified atom stereocenters. The van der Waals surface area contributed by atoms with Gasteiger partial charge in [0.2, 0.25) is 0 Å². The molecule has 0 spiro atoms. The highest BCUT2D eigenvalue weighted by Gasteiger charge is 2.31. The zero-order valence-corrected chi connectivity index (χ0v) is 13.5. The molecule has 1 aromatic carbocycles. The minimum Gasteiger partial charge on any atom is -0.467 e. The molecular formula is C17H23NO4. The summed E-state index contributed by atoms with van der Waals surface area (Å²) in [5.41, 5.74) is 0.199. The van der Waals surface area contributed by atoms with E-state index < -0.39 is 29.6 Å². The average molecular weight is 305 g/mol. The lowest BCUT2D eigenvalue weighted by Crippen LogP contribution is -2.47. The number of amides is 1. The van der Waals surface area contributed by atoms with Gasteiger partial charge in [-0.2, -0.15) is 0 Å². The van der Waals surface area contributed by atoms with Crippen LogP contribution in [0.5, 0.6) is 0 Å². The van der Waals surface area contributed by atoms with Gasteiger partial charge in [-0.1, -0.05) is 36.4 Å². The fraction of sp³-hybridized carbons (Fsp3) is 0.412. The van der Waals surface area contributed by atoms with Crippen molar-refractivity contribution >= 4 is 12.1 Å². The van der Waals surface area contributed by atoms with Crippen molar-refractivity contribution in [2.45, 2.75) is 38.3 Å². The van der Waals surface area contributed by atoms with Gasteiger partial charge in [0.25, 0.3) is 0 Å². The Hall–Kier alpha value is -2.30. The maximum Gasteiger partial charge on any atom is 0.408 e. The van der Waals surface area contributed by atoms with Crippen molar-refractivity contribution in [2.75, 3.05) is 7.11 Å². The molecule has 0 aliphatic heterocycles. The van der Waals surface area contributed by atoms with Crippen LogP contribution in [0, 0.1) is 0 Å². The first kappa shape index (κ1) is 17.8. The summed E-state index contributed by atoms with van der Waals surface area (Å²) >= 11 is 0. The fourth-order valence-corrected chi connectivity index (χ4v) is 2.00. The lowest BCUT2D eigenvalue weighted by atomic mass is 9.91. The van der Waals surface area contributed by atoms with Gasteiger partial charge in [-0.25, -0.2) is 9.59 Å². The number of carbonyl (C=O) groups excluding carboxylic acids is 2. The standard InChI is InChI=1S/C17H23NO4/c1-6-13(12-10-8-7-9-11-12)14(15(19)21-5)18-16(20)22-17(2,3)4/h6-11,13-14H,1H2,2-5H3,(H,18,20)/t13-,14-/m0/s1. The molecule has 22 heavy (non-hydrogen) atoms. The quantitative estimate of drug-likeness (QED) is 0.671. The number of ether oxygens (including phenoxy) is 2. The molecule has 2 atom stereocenters. The second-order valence-electron chi connectivity index (χ2n) is 5.82. The Morgan fingerprint density at radius 2 is 1.82 bits per heavy atom. The third-order valence-electron chi connectivity index (χ3n) is 2.92. The van der Waals surface area contributed by atoms with Crippen LogP contribution in [0.15, 0.2) is 43.0 Å². The van der Waals surface area contributed by atoms with Crippen molar-refractivity contribution in [3.8, 4) is 0 Å². The summed E-state index contributed by atoms with van der Waals surface area (Å²) < 4.78 is 9.99. The second-order valence-corrected chi connectivity index (χ2v) is 5.82. The molecule has 0 aliphatic rings. The van der Waals surface area contributed by atoms with Crippen LogP contribution in [-0.2, 0) is 14.3 Å². The van der Waals surface area contributed by atoms with Crippen molar-refractivity contribution in [3.05, 3.63) is 48.6 Å². The van der Waals surface area contributed by atoms with E-state index in [1.807, 2.05) is 30.3 Å². The minimum atomic E-state index is -0.903. The Kier molecular flexibility index (Phi) is 6.16. The molecular weight excluding hydrogens is 282 g/mol. The normalized spacial score (nSPS) is 13.6. The van der Waals surface area contributed by atoms with Crippen LogP contribution in [0.4, 0.5) is 4.79 Å². The third kappa shape index (κ3) is 5.24. The molecule has 1 amide bonds. The van der Waals surface area contributed by atoms with E-state index in [0.717, 1.165) is 5.56 Å². The number of rotatable bonds is 5. The highest BCUT2D eigenvalue weighted by Crippen LogP contribution is 2.22. The molecule has 1 rings (SSSR count). The summed E-state index contributed by atoms with van der Waals surface area (Å²) in [5.74, 6) is -0.971. The summed E-state index contributed by atoms with van der Waals surface area (Å²) in [6.07, 6.45) is 0.930. The molecule has 0 aromatic heterocycles. The minimum absolute atomic E-state index is 0.416. The number of esters is 1. The zero-order valence-electron chi connectivity index (χ0n) is 13.5. The summed E-state index contributed by atoms with van der Waals surface area (Å²) in [5, 5.41) is 2.57. The van der Waals surface area contributed by atoms with E-state index in [0.29, 0.717) is 0 Å². The monoisotopic (exact) mass is 305 g/mol. The van der Waals surface area contributed by atoms with E-state index >= 15 is 0 Å². The topological polar surface area (TPSA) is 64.6 Å². The van der Waals surface area contributed by atoms with Crippen LogP contribution in [0.2, 0.25) is 0 Å². The molecule has 0 heterocycles. The SMILES string of the molecule is C=C[C@@H](c1ccccc1)[C@H](NC(=O)OC(C)(C)C)C(=O)OC. The molecule has 5 nitrogen and oxygen atoms in total. The van der Waals surface area contributed by atoms with Gasteiger partial charge in [0.15, 0.2) is 0 Å². The van der Waals surface area contributed by atoms with Crippen LogP contribution in [0.1, 0.15) is 32.3 Å². The maximum absolute atomic E-state index is 12.0. The number of hydrogen-bond donors (Lipinski definition) is 1. The van der Waals surface area contributed by atoms with E-state index in [9.17, 15) is 9.59 Å². The van der Waals surface area contributed by atoms with Crippen molar-refractivity contribution in [2.24, 2.45) is 0 Å². The van der Waals surface area contributed by atoms with E-state index in [1.54, 1.807) is 26.8 Å². The Balaban J connectivity index is 2.99. The maximum atomic E-state index is 12.0. The number of methoxy groups -OCH3 is 1. The molecule has 0 radical (unpaired) electrons. The fourth-order valence-electron chi connectivity index (χ4n) is 2.00. The molecule has 1 N–H and O–H groups in total. The molecule has 0 aliphatic carbocycles. The van der Waals surface area contributed by atoms with E-state index in [1.165, 1.54) is 7.11 Å². The second kappa shape index (κ2) is 7.64. The van der Waals surface area contributed by atoms with Crippen LogP contribution < -0.4 is 5.32 Å². The molecule has 120 valence electrons. The van der Waals surface area contributed by atoms with Gasteiger partial charge in [-0.3, -0.25) is 0 Å². The number of alkyl carbamates (subject to hydrolysis) is 1. The van der Waals surface area contributed by atoms with Crippen LogP contribution in [0.25, 0.3) is 0 Å². The van der Waals surface area contributed by atoms with Crippen LogP contribution >= 0.6 is 0 Å². The van der Waals surface area contributed by atoms with Crippen molar-refractivity contribution in [1.82, 2.24) is 5.32 Å². The smallest absolute Gasteiger partial charge is 0.408 e. The van der Waals surface area contributed by atoms with E-state index in [4.69, 9.17) is 9.47 Å². The summed E-state index contributed by atoms with van der Waals surface area (Å²) in [6.45, 7) is 9.01. The van der Waals surface area contributed by atoms with E-state index in [2.05, 4.69) is 11.9 Å². The van der Waals surface area contributed by atoms with E-state index in [-0.39, 0.29) is 0 Å². The first-order valence-corrected chi connectivity index (χ1v) is 7.03. The predicted octanol–water partition coefficient (Wildman–Crippen LogP) is 3.02. The highest BCUT2D eigenvalue weighted by molar-refractivity contribution is 5.83. The van der Waals surface area contributed by atoms with Crippen molar-refractivity contribution < 1.29 is 19.1 Å². The number of hydrogen-bond acceptors (Lipinski definition) is 4. The highest BCUT2D eigenvalue weighted by atomic mass is 16.6. The summed E-state index contributed by atoms with van der Waals surface area (Å²) in [4.78, 5) is 24.0. The van der Waals surface area contributed by atoms with Crippen molar-refractivity contribution in [3.63, 3.8) is 0 Å². The van der Waals surface area contributed by atoms with Gasteiger partial charge in [-0.05, 0) is 26.3 Å². The first-order valence-electron chi connectivity index (χ1n) is 7.03. The van der Waals surface area contributed by atoms with Gasteiger partial charge >= 0.3 is 12.1 Å². The molecule has 0 bridgehead atoms. The number of carbonyl (C=O) groups is 2. The Bertz CT molecular complexity index is 519. The average Bonchev–Trinajstić information content (AvgIpc) is 2.45. The first-order chi connectivity index (χ1) is 10.3.